The highest BCUT2D eigenvalue weighted by atomic mass is 35.5. The van der Waals surface area contributed by atoms with Crippen LogP contribution in [0.4, 0.5) is 0 Å². The number of benzene rings is 2. The quantitative estimate of drug-likeness (QED) is 0.775. The van der Waals surface area contributed by atoms with Crippen molar-refractivity contribution in [1.82, 2.24) is 10.3 Å². The van der Waals surface area contributed by atoms with Gasteiger partial charge in [0, 0.05) is 11.9 Å². The van der Waals surface area contributed by atoms with E-state index in [1.165, 1.54) is 0 Å². The van der Waals surface area contributed by atoms with E-state index >= 15 is 0 Å². The van der Waals surface area contributed by atoms with Crippen LogP contribution in [0.1, 0.15) is 5.56 Å². The summed E-state index contributed by atoms with van der Waals surface area (Å²) in [5, 5.41) is 4.72. The second-order valence-corrected chi connectivity index (χ2v) is 5.17. The van der Waals surface area contributed by atoms with Gasteiger partial charge in [-0.3, -0.25) is 4.98 Å². The molecule has 1 heterocycles. The van der Waals surface area contributed by atoms with E-state index < -0.39 is 0 Å². The van der Waals surface area contributed by atoms with E-state index in [1.54, 1.807) is 6.20 Å². The van der Waals surface area contributed by atoms with Gasteiger partial charge in [0.15, 0.2) is 0 Å². The number of rotatable bonds is 4. The molecule has 0 aliphatic heterocycles. The number of hydrogen-bond donors (Lipinski definition) is 1. The number of pyridine rings is 1. The summed E-state index contributed by atoms with van der Waals surface area (Å²) in [6.07, 6.45) is 1.71. The molecule has 0 spiro atoms. The van der Waals surface area contributed by atoms with Crippen LogP contribution in [0, 0.1) is 0 Å². The van der Waals surface area contributed by atoms with Crippen LogP contribution in [-0.4, -0.2) is 12.0 Å². The largest absolute Gasteiger partial charge is 0.454 e. The number of halogens is 1. The Hall–Kier alpha value is -2.10. The maximum atomic E-state index is 6.26. The fourth-order valence-corrected chi connectivity index (χ4v) is 2.42. The van der Waals surface area contributed by atoms with E-state index in [1.807, 2.05) is 55.6 Å². The predicted molar refractivity (Wildman–Crippen MR) is 86.0 cm³/mol. The number of ether oxygens (including phenoxy) is 1. The van der Waals surface area contributed by atoms with Crippen LogP contribution in [0.25, 0.3) is 10.9 Å². The van der Waals surface area contributed by atoms with Crippen molar-refractivity contribution in [2.24, 2.45) is 0 Å². The molecule has 0 fully saturated rings. The Labute approximate surface area is 128 Å². The summed E-state index contributed by atoms with van der Waals surface area (Å²) in [4.78, 5) is 4.38. The van der Waals surface area contributed by atoms with Crippen LogP contribution < -0.4 is 10.1 Å². The standard InChI is InChI=1S/C17H15ClN2O/c1-19-10-12-6-7-17(15(18)8-12)21-14-9-13-4-2-3-5-16(13)20-11-14/h2-9,11,19H,10H2,1H3. The Morgan fingerprint density at radius 1 is 1.14 bits per heavy atom. The minimum absolute atomic E-state index is 0.593. The third-order valence-electron chi connectivity index (χ3n) is 3.17. The Morgan fingerprint density at radius 3 is 2.81 bits per heavy atom. The highest BCUT2D eigenvalue weighted by Gasteiger charge is 2.05. The van der Waals surface area contributed by atoms with Gasteiger partial charge in [0.1, 0.15) is 11.5 Å². The molecule has 0 aliphatic rings. The van der Waals surface area contributed by atoms with Crippen molar-refractivity contribution in [1.29, 1.82) is 0 Å². The van der Waals surface area contributed by atoms with Crippen LogP contribution in [0.3, 0.4) is 0 Å². The fourth-order valence-electron chi connectivity index (χ4n) is 2.17. The number of hydrogen-bond acceptors (Lipinski definition) is 3. The molecule has 0 amide bonds. The first-order valence-electron chi connectivity index (χ1n) is 6.72. The Balaban J connectivity index is 1.87. The molecule has 1 aromatic heterocycles. The van der Waals surface area contributed by atoms with Gasteiger partial charge in [-0.05, 0) is 36.9 Å². The average molecular weight is 299 g/mol. The van der Waals surface area contributed by atoms with E-state index in [2.05, 4.69) is 10.3 Å². The summed E-state index contributed by atoms with van der Waals surface area (Å²) in [6, 6.07) is 15.7. The second-order valence-electron chi connectivity index (χ2n) is 4.76. The van der Waals surface area contributed by atoms with Crippen molar-refractivity contribution in [2.75, 3.05) is 7.05 Å². The lowest BCUT2D eigenvalue weighted by Gasteiger charge is -2.09. The molecule has 3 aromatic rings. The van der Waals surface area contributed by atoms with Crippen molar-refractivity contribution in [3.63, 3.8) is 0 Å². The molecule has 3 rings (SSSR count). The molecule has 2 aromatic carbocycles. The zero-order chi connectivity index (χ0) is 14.7. The minimum atomic E-state index is 0.593. The summed E-state index contributed by atoms with van der Waals surface area (Å²) < 4.78 is 5.84. The molecule has 0 aliphatic carbocycles. The maximum Gasteiger partial charge on any atom is 0.146 e. The maximum absolute atomic E-state index is 6.26. The topological polar surface area (TPSA) is 34.1 Å². The lowest BCUT2D eigenvalue weighted by molar-refractivity contribution is 0.481. The zero-order valence-electron chi connectivity index (χ0n) is 11.6. The highest BCUT2D eigenvalue weighted by molar-refractivity contribution is 6.32. The molecule has 0 radical (unpaired) electrons. The molecule has 21 heavy (non-hydrogen) atoms. The SMILES string of the molecule is CNCc1ccc(Oc2cnc3ccccc3c2)c(Cl)c1. The number of nitrogens with zero attached hydrogens (tertiary/aromatic N) is 1. The van der Waals surface area contributed by atoms with Gasteiger partial charge in [0.05, 0.1) is 16.7 Å². The Morgan fingerprint density at radius 2 is 2.00 bits per heavy atom. The monoisotopic (exact) mass is 298 g/mol. The van der Waals surface area contributed by atoms with Gasteiger partial charge >= 0.3 is 0 Å². The van der Waals surface area contributed by atoms with Gasteiger partial charge in [-0.25, -0.2) is 0 Å². The highest BCUT2D eigenvalue weighted by Crippen LogP contribution is 2.31. The molecule has 1 N–H and O–H groups in total. The third-order valence-corrected chi connectivity index (χ3v) is 3.47. The average Bonchev–Trinajstić information content (AvgIpc) is 2.50. The molecule has 0 saturated heterocycles. The molecule has 3 nitrogen and oxygen atoms in total. The van der Waals surface area contributed by atoms with E-state index in [-0.39, 0.29) is 0 Å². The molecule has 4 heteroatoms. The van der Waals surface area contributed by atoms with Crippen molar-refractivity contribution in [3.8, 4) is 11.5 Å². The summed E-state index contributed by atoms with van der Waals surface area (Å²) in [5.41, 5.74) is 2.06. The lowest BCUT2D eigenvalue weighted by Crippen LogP contribution is -2.04. The van der Waals surface area contributed by atoms with E-state index in [4.69, 9.17) is 16.3 Å². The van der Waals surface area contributed by atoms with Gasteiger partial charge in [-0.2, -0.15) is 0 Å². The first-order chi connectivity index (χ1) is 10.3. The number of aromatic nitrogens is 1. The van der Waals surface area contributed by atoms with Gasteiger partial charge in [0.2, 0.25) is 0 Å². The molecular formula is C17H15ClN2O. The summed E-state index contributed by atoms with van der Waals surface area (Å²) >= 11 is 6.26. The van der Waals surface area contributed by atoms with E-state index in [0.29, 0.717) is 16.5 Å². The molecule has 0 atom stereocenters. The Bertz CT molecular complexity index is 774. The first-order valence-corrected chi connectivity index (χ1v) is 7.10. The summed E-state index contributed by atoms with van der Waals surface area (Å²) in [7, 11) is 1.90. The molecule has 0 bridgehead atoms. The third kappa shape index (κ3) is 3.15. The minimum Gasteiger partial charge on any atom is -0.454 e. The normalized spacial score (nSPS) is 10.8. The predicted octanol–water partition coefficient (Wildman–Crippen LogP) is 4.40. The van der Waals surface area contributed by atoms with E-state index in [9.17, 15) is 0 Å². The molecular weight excluding hydrogens is 284 g/mol. The van der Waals surface area contributed by atoms with Crippen molar-refractivity contribution in [2.45, 2.75) is 6.54 Å². The van der Waals surface area contributed by atoms with E-state index in [0.717, 1.165) is 23.0 Å². The fraction of sp³-hybridized carbons (Fsp3) is 0.118. The second kappa shape index (κ2) is 6.12. The summed E-state index contributed by atoms with van der Waals surface area (Å²) in [5.74, 6) is 1.31. The van der Waals surface area contributed by atoms with Gasteiger partial charge in [-0.1, -0.05) is 35.9 Å². The molecule has 106 valence electrons. The van der Waals surface area contributed by atoms with Gasteiger partial charge in [0.25, 0.3) is 0 Å². The van der Waals surface area contributed by atoms with Crippen molar-refractivity contribution in [3.05, 3.63) is 65.3 Å². The smallest absolute Gasteiger partial charge is 0.146 e. The van der Waals surface area contributed by atoms with Gasteiger partial charge < -0.3 is 10.1 Å². The molecule has 0 saturated carbocycles. The van der Waals surface area contributed by atoms with Crippen LogP contribution in [0.2, 0.25) is 5.02 Å². The van der Waals surface area contributed by atoms with Gasteiger partial charge in [-0.15, -0.1) is 0 Å². The zero-order valence-corrected chi connectivity index (χ0v) is 12.4. The van der Waals surface area contributed by atoms with Crippen LogP contribution in [0.15, 0.2) is 54.7 Å². The van der Waals surface area contributed by atoms with Crippen molar-refractivity contribution < 1.29 is 4.74 Å². The summed E-state index contributed by atoms with van der Waals surface area (Å²) in [6.45, 7) is 0.775. The van der Waals surface area contributed by atoms with Crippen molar-refractivity contribution >= 4 is 22.5 Å². The number of para-hydroxylation sites is 1. The van der Waals surface area contributed by atoms with Crippen LogP contribution in [0.5, 0.6) is 11.5 Å². The Kier molecular flexibility index (Phi) is 4.04. The van der Waals surface area contributed by atoms with Crippen LogP contribution >= 0.6 is 11.6 Å². The lowest BCUT2D eigenvalue weighted by atomic mass is 10.2. The number of nitrogens with one attached hydrogen (secondary N) is 1. The van der Waals surface area contributed by atoms with Crippen LogP contribution in [-0.2, 0) is 6.54 Å². The number of fused-ring (bicyclic) bond motifs is 1. The first kappa shape index (κ1) is 13.9. The molecule has 0 unspecified atom stereocenters.